The maximum Gasteiger partial charge on any atom is 0.349 e. The van der Waals surface area contributed by atoms with Crippen molar-refractivity contribution in [3.8, 4) is 5.75 Å². The van der Waals surface area contributed by atoms with Gasteiger partial charge in [-0.25, -0.2) is 4.79 Å². The van der Waals surface area contributed by atoms with Crippen molar-refractivity contribution in [1.29, 1.82) is 0 Å². The van der Waals surface area contributed by atoms with Crippen LogP contribution in [0.4, 0.5) is 0 Å². The molecule has 0 unspecified atom stereocenters. The van der Waals surface area contributed by atoms with Gasteiger partial charge < -0.3 is 9.47 Å². The summed E-state index contributed by atoms with van der Waals surface area (Å²) in [6.45, 7) is 6.65. The van der Waals surface area contributed by atoms with Gasteiger partial charge in [-0.2, -0.15) is 0 Å². The van der Waals surface area contributed by atoms with Crippen LogP contribution in [0.5, 0.6) is 5.75 Å². The lowest BCUT2D eigenvalue weighted by molar-refractivity contribution is -0.158. The molecular formula is C14H17ClO4. The van der Waals surface area contributed by atoms with Crippen LogP contribution in [0.25, 0.3) is 0 Å². The maximum absolute atomic E-state index is 11.7. The molecule has 0 saturated carbocycles. The molecule has 5 heteroatoms. The summed E-state index contributed by atoms with van der Waals surface area (Å²) in [7, 11) is 0. The first-order valence-corrected chi connectivity index (χ1v) is 6.32. The van der Waals surface area contributed by atoms with E-state index in [1.165, 1.54) is 13.0 Å². The van der Waals surface area contributed by atoms with Crippen LogP contribution in [-0.2, 0) is 9.53 Å². The zero-order valence-electron chi connectivity index (χ0n) is 11.5. The summed E-state index contributed by atoms with van der Waals surface area (Å²) >= 11 is 6.03. The van der Waals surface area contributed by atoms with Crippen LogP contribution in [-0.4, -0.2) is 24.0 Å². The molecule has 0 aliphatic rings. The van der Waals surface area contributed by atoms with Crippen molar-refractivity contribution in [2.24, 2.45) is 0 Å². The Hall–Kier alpha value is -1.55. The van der Waals surface area contributed by atoms with Gasteiger partial charge in [0.2, 0.25) is 0 Å². The Morgan fingerprint density at radius 1 is 1.32 bits per heavy atom. The fourth-order valence-corrected chi connectivity index (χ4v) is 1.64. The van der Waals surface area contributed by atoms with Crippen LogP contribution >= 0.6 is 11.6 Å². The highest BCUT2D eigenvalue weighted by Crippen LogP contribution is 2.29. The lowest BCUT2D eigenvalue weighted by Gasteiger charge is -2.24. The molecule has 0 heterocycles. The Morgan fingerprint density at radius 3 is 2.42 bits per heavy atom. The molecule has 1 aromatic carbocycles. The third kappa shape index (κ3) is 3.96. The number of rotatable bonds is 5. The normalized spacial score (nSPS) is 11.0. The second-order valence-corrected chi connectivity index (χ2v) is 4.94. The predicted octanol–water partition coefficient (Wildman–Crippen LogP) is 3.26. The lowest BCUT2D eigenvalue weighted by atomic mass is 10.1. The molecule has 0 aliphatic carbocycles. The molecule has 1 rings (SSSR count). The number of ketones is 1. The Labute approximate surface area is 117 Å². The zero-order chi connectivity index (χ0) is 14.6. The van der Waals surface area contributed by atoms with Crippen LogP contribution in [0.3, 0.4) is 0 Å². The van der Waals surface area contributed by atoms with Gasteiger partial charge >= 0.3 is 5.97 Å². The van der Waals surface area contributed by atoms with Crippen LogP contribution in [0.15, 0.2) is 18.2 Å². The van der Waals surface area contributed by atoms with Crippen molar-refractivity contribution in [3.63, 3.8) is 0 Å². The second kappa shape index (κ2) is 6.06. The van der Waals surface area contributed by atoms with Gasteiger partial charge in [-0.05, 0) is 45.9 Å². The largest absolute Gasteiger partial charge is 0.475 e. The summed E-state index contributed by atoms with van der Waals surface area (Å²) in [4.78, 5) is 22.9. The second-order valence-electron chi connectivity index (χ2n) is 4.53. The highest BCUT2D eigenvalue weighted by molar-refractivity contribution is 6.32. The first kappa shape index (κ1) is 15.5. The van der Waals surface area contributed by atoms with Crippen molar-refractivity contribution in [2.75, 3.05) is 6.61 Å². The van der Waals surface area contributed by atoms with E-state index in [4.69, 9.17) is 21.1 Å². The molecule has 0 N–H and O–H groups in total. The molecule has 19 heavy (non-hydrogen) atoms. The van der Waals surface area contributed by atoms with Crippen molar-refractivity contribution < 1.29 is 19.1 Å². The number of carbonyl (C=O) groups excluding carboxylic acids is 2. The van der Waals surface area contributed by atoms with E-state index in [0.717, 1.165) is 0 Å². The van der Waals surface area contributed by atoms with Gasteiger partial charge in [0.1, 0.15) is 5.75 Å². The van der Waals surface area contributed by atoms with E-state index in [2.05, 4.69) is 0 Å². The molecule has 0 aliphatic heterocycles. The Morgan fingerprint density at radius 2 is 1.95 bits per heavy atom. The van der Waals surface area contributed by atoms with Crippen molar-refractivity contribution in [2.45, 2.75) is 33.3 Å². The number of Topliss-reactive ketones (excluding diaryl/α,β-unsaturated/α-hetero) is 1. The van der Waals surface area contributed by atoms with Gasteiger partial charge in [-0.15, -0.1) is 0 Å². The van der Waals surface area contributed by atoms with Crippen LogP contribution in [0, 0.1) is 0 Å². The molecule has 1 aromatic rings. The van der Waals surface area contributed by atoms with E-state index in [9.17, 15) is 9.59 Å². The minimum atomic E-state index is -1.14. The number of carbonyl (C=O) groups is 2. The molecule has 0 fully saturated rings. The average Bonchev–Trinajstić information content (AvgIpc) is 2.31. The average molecular weight is 285 g/mol. The number of esters is 1. The molecular weight excluding hydrogens is 268 g/mol. The van der Waals surface area contributed by atoms with E-state index in [1.54, 1.807) is 32.9 Å². The van der Waals surface area contributed by atoms with Crippen molar-refractivity contribution in [1.82, 2.24) is 0 Å². The minimum Gasteiger partial charge on any atom is -0.475 e. The summed E-state index contributed by atoms with van der Waals surface area (Å²) < 4.78 is 10.5. The summed E-state index contributed by atoms with van der Waals surface area (Å²) in [5.41, 5.74) is -0.650. The fraction of sp³-hybridized carbons (Fsp3) is 0.429. The summed E-state index contributed by atoms with van der Waals surface area (Å²) in [5.74, 6) is -0.218. The molecule has 0 saturated heterocycles. The molecule has 0 amide bonds. The van der Waals surface area contributed by atoms with Gasteiger partial charge in [-0.3, -0.25) is 4.79 Å². The topological polar surface area (TPSA) is 52.6 Å². The van der Waals surface area contributed by atoms with Crippen LogP contribution in [0.1, 0.15) is 38.1 Å². The van der Waals surface area contributed by atoms with E-state index in [-0.39, 0.29) is 17.4 Å². The minimum absolute atomic E-state index is 0.0851. The Bertz CT molecular complexity index is 494. The first-order valence-electron chi connectivity index (χ1n) is 5.94. The van der Waals surface area contributed by atoms with E-state index >= 15 is 0 Å². The predicted molar refractivity (Wildman–Crippen MR) is 72.8 cm³/mol. The lowest BCUT2D eigenvalue weighted by Crippen LogP contribution is -2.39. The van der Waals surface area contributed by atoms with Gasteiger partial charge in [0.25, 0.3) is 0 Å². The monoisotopic (exact) mass is 284 g/mol. The quantitative estimate of drug-likeness (QED) is 0.615. The van der Waals surface area contributed by atoms with Gasteiger partial charge in [-0.1, -0.05) is 11.6 Å². The van der Waals surface area contributed by atoms with E-state index < -0.39 is 11.6 Å². The van der Waals surface area contributed by atoms with Gasteiger partial charge in [0.05, 0.1) is 11.6 Å². The molecule has 104 valence electrons. The fourth-order valence-electron chi connectivity index (χ4n) is 1.42. The number of hydrogen-bond acceptors (Lipinski definition) is 4. The number of benzene rings is 1. The Balaban J connectivity index is 2.93. The third-order valence-electron chi connectivity index (χ3n) is 2.47. The molecule has 0 radical (unpaired) electrons. The highest BCUT2D eigenvalue weighted by Gasteiger charge is 2.32. The maximum atomic E-state index is 11.7. The first-order chi connectivity index (χ1) is 8.77. The summed E-state index contributed by atoms with van der Waals surface area (Å²) in [6, 6.07) is 4.69. The number of halogens is 1. The SMILES string of the molecule is CCOC(=O)C(C)(C)Oc1ccc(C(C)=O)cc1Cl. The molecule has 0 atom stereocenters. The third-order valence-corrected chi connectivity index (χ3v) is 2.77. The van der Waals surface area contributed by atoms with Crippen molar-refractivity contribution in [3.05, 3.63) is 28.8 Å². The van der Waals surface area contributed by atoms with E-state index in [0.29, 0.717) is 11.3 Å². The molecule has 0 spiro atoms. The molecule has 4 nitrogen and oxygen atoms in total. The van der Waals surface area contributed by atoms with Gasteiger partial charge in [0.15, 0.2) is 11.4 Å². The summed E-state index contributed by atoms with van der Waals surface area (Å²) in [6.07, 6.45) is 0. The number of ether oxygens (including phenoxy) is 2. The standard InChI is InChI=1S/C14H17ClO4/c1-5-18-13(17)14(3,4)19-12-7-6-10(9(2)16)8-11(12)15/h6-8H,5H2,1-4H3. The Kier molecular flexibility index (Phi) is 4.95. The van der Waals surface area contributed by atoms with Gasteiger partial charge in [0, 0.05) is 5.56 Å². The smallest absolute Gasteiger partial charge is 0.349 e. The summed E-state index contributed by atoms with van der Waals surface area (Å²) in [5, 5.41) is 0.282. The highest BCUT2D eigenvalue weighted by atomic mass is 35.5. The van der Waals surface area contributed by atoms with E-state index in [1.807, 2.05) is 0 Å². The zero-order valence-corrected chi connectivity index (χ0v) is 12.2. The van der Waals surface area contributed by atoms with Crippen LogP contribution in [0.2, 0.25) is 5.02 Å². The number of hydrogen-bond donors (Lipinski definition) is 0. The van der Waals surface area contributed by atoms with Crippen LogP contribution < -0.4 is 4.74 Å². The molecule has 0 bridgehead atoms. The van der Waals surface area contributed by atoms with Crippen molar-refractivity contribution >= 4 is 23.4 Å². The molecule has 0 aromatic heterocycles.